The quantitative estimate of drug-likeness (QED) is 0.805. The normalized spacial score (nSPS) is 23.5. The van der Waals surface area contributed by atoms with Gasteiger partial charge in [0.1, 0.15) is 11.8 Å². The Hall–Kier alpha value is -1.59. The number of hydroxylamine groups is 1. The van der Waals surface area contributed by atoms with E-state index in [1.54, 1.807) is 0 Å². The predicted molar refractivity (Wildman–Crippen MR) is 60.6 cm³/mol. The summed E-state index contributed by atoms with van der Waals surface area (Å²) in [6, 6.07) is 8.90. The Morgan fingerprint density at radius 1 is 1.47 bits per heavy atom. The maximum Gasteiger partial charge on any atom is 0.323 e. The van der Waals surface area contributed by atoms with E-state index in [-0.39, 0.29) is 6.10 Å². The molecule has 1 aromatic carbocycles. The second kappa shape index (κ2) is 5.65. The van der Waals surface area contributed by atoms with E-state index in [2.05, 4.69) is 5.48 Å². The lowest BCUT2D eigenvalue weighted by Gasteiger charge is -2.09. The highest BCUT2D eigenvalue weighted by Gasteiger charge is 2.30. The van der Waals surface area contributed by atoms with Gasteiger partial charge in [0.05, 0.1) is 12.7 Å². The third-order valence-electron chi connectivity index (χ3n) is 2.63. The van der Waals surface area contributed by atoms with Gasteiger partial charge in [-0.05, 0) is 12.1 Å². The topological polar surface area (TPSA) is 67.8 Å². The van der Waals surface area contributed by atoms with E-state index >= 15 is 0 Å². The number of hydrogen-bond acceptors (Lipinski definition) is 4. The van der Waals surface area contributed by atoms with Crippen LogP contribution in [0.5, 0.6) is 5.75 Å². The van der Waals surface area contributed by atoms with Crippen LogP contribution in [0.25, 0.3) is 0 Å². The van der Waals surface area contributed by atoms with Gasteiger partial charge in [-0.15, -0.1) is 0 Å². The fourth-order valence-corrected chi connectivity index (χ4v) is 1.69. The maximum atomic E-state index is 10.7. The lowest BCUT2D eigenvalue weighted by molar-refractivity contribution is -0.140. The zero-order valence-electron chi connectivity index (χ0n) is 9.33. The second-order valence-electron chi connectivity index (χ2n) is 3.93. The van der Waals surface area contributed by atoms with Gasteiger partial charge in [-0.3, -0.25) is 9.63 Å². The average Bonchev–Trinajstić information content (AvgIpc) is 2.79. The van der Waals surface area contributed by atoms with Crippen molar-refractivity contribution in [1.82, 2.24) is 5.48 Å². The van der Waals surface area contributed by atoms with E-state index in [0.717, 1.165) is 5.75 Å². The zero-order chi connectivity index (χ0) is 12.1. The zero-order valence-corrected chi connectivity index (χ0v) is 9.33. The summed E-state index contributed by atoms with van der Waals surface area (Å²) in [7, 11) is 0. The maximum absolute atomic E-state index is 10.7. The third-order valence-corrected chi connectivity index (χ3v) is 2.63. The fraction of sp³-hybridized carbons (Fsp3) is 0.417. The molecule has 0 radical (unpaired) electrons. The Labute approximate surface area is 99.3 Å². The molecule has 0 saturated carbocycles. The smallest absolute Gasteiger partial charge is 0.323 e. The first-order valence-electron chi connectivity index (χ1n) is 5.57. The Morgan fingerprint density at radius 2 is 2.24 bits per heavy atom. The summed E-state index contributed by atoms with van der Waals surface area (Å²) in [6.45, 7) is 0.517. The van der Waals surface area contributed by atoms with Crippen molar-refractivity contribution in [3.63, 3.8) is 0 Å². The number of nitrogens with one attached hydrogen (secondary N) is 1. The molecule has 1 fully saturated rings. The number of ether oxygens (including phenoxy) is 1. The summed E-state index contributed by atoms with van der Waals surface area (Å²) in [5, 5.41) is 8.76. The van der Waals surface area contributed by atoms with Gasteiger partial charge in [-0.25, -0.2) is 0 Å². The van der Waals surface area contributed by atoms with Crippen LogP contribution in [0.3, 0.4) is 0 Å². The van der Waals surface area contributed by atoms with Gasteiger partial charge in [0.25, 0.3) is 0 Å². The molecule has 0 aliphatic carbocycles. The molecule has 5 heteroatoms. The molecule has 1 saturated heterocycles. The summed E-state index contributed by atoms with van der Waals surface area (Å²) in [5.74, 6) is -0.0651. The number of hydrogen-bond donors (Lipinski definition) is 2. The Bertz CT molecular complexity index is 368. The minimum atomic E-state index is -0.878. The van der Waals surface area contributed by atoms with E-state index in [1.165, 1.54) is 0 Å². The lowest BCUT2D eigenvalue weighted by atomic mass is 10.1. The molecule has 2 rings (SSSR count). The summed E-state index contributed by atoms with van der Waals surface area (Å²) in [6.07, 6.45) is 1.05. The first-order valence-corrected chi connectivity index (χ1v) is 5.57. The number of rotatable bonds is 5. The molecule has 0 spiro atoms. The van der Waals surface area contributed by atoms with Crippen LogP contribution in [0.2, 0.25) is 0 Å². The number of carboxylic acid groups (broad SMARTS) is 1. The van der Waals surface area contributed by atoms with Crippen LogP contribution in [-0.2, 0) is 9.63 Å². The van der Waals surface area contributed by atoms with E-state index < -0.39 is 12.0 Å². The third kappa shape index (κ3) is 3.44. The Kier molecular flexibility index (Phi) is 3.95. The summed E-state index contributed by atoms with van der Waals surface area (Å²) >= 11 is 0. The van der Waals surface area contributed by atoms with E-state index in [9.17, 15) is 4.79 Å². The van der Waals surface area contributed by atoms with Crippen LogP contribution in [0, 0.1) is 0 Å². The lowest BCUT2D eigenvalue weighted by Crippen LogP contribution is -2.29. The molecule has 2 atom stereocenters. The summed E-state index contributed by atoms with van der Waals surface area (Å²) < 4.78 is 5.51. The van der Waals surface area contributed by atoms with Gasteiger partial charge >= 0.3 is 5.97 Å². The Morgan fingerprint density at radius 3 is 2.88 bits per heavy atom. The molecule has 1 aromatic rings. The van der Waals surface area contributed by atoms with Gasteiger partial charge in [0, 0.05) is 12.8 Å². The first-order chi connectivity index (χ1) is 8.25. The first kappa shape index (κ1) is 11.9. The molecule has 0 aromatic heterocycles. The van der Waals surface area contributed by atoms with E-state index in [4.69, 9.17) is 14.7 Å². The van der Waals surface area contributed by atoms with Crippen LogP contribution >= 0.6 is 0 Å². The van der Waals surface area contributed by atoms with Gasteiger partial charge in [0.15, 0.2) is 0 Å². The summed E-state index contributed by atoms with van der Waals surface area (Å²) in [4.78, 5) is 15.8. The molecule has 2 N–H and O–H groups in total. The molecule has 17 heavy (non-hydrogen) atoms. The highest BCUT2D eigenvalue weighted by molar-refractivity contribution is 5.73. The molecule has 2 unspecified atom stereocenters. The molecule has 0 amide bonds. The average molecular weight is 237 g/mol. The number of benzene rings is 1. The molecule has 1 aliphatic heterocycles. The predicted octanol–water partition coefficient (Wildman–Crippen LogP) is 1.20. The van der Waals surface area contributed by atoms with Crippen molar-refractivity contribution in [2.75, 3.05) is 6.61 Å². The number of carboxylic acids is 1. The number of aliphatic carboxylic acids is 1. The molecule has 1 aliphatic rings. The van der Waals surface area contributed by atoms with Gasteiger partial charge in [0.2, 0.25) is 0 Å². The molecule has 92 valence electrons. The highest BCUT2D eigenvalue weighted by Crippen LogP contribution is 2.15. The fourth-order valence-electron chi connectivity index (χ4n) is 1.69. The second-order valence-corrected chi connectivity index (χ2v) is 3.93. The van der Waals surface area contributed by atoms with Crippen molar-refractivity contribution in [1.29, 1.82) is 0 Å². The minimum absolute atomic E-state index is 0.0974. The van der Waals surface area contributed by atoms with E-state index in [1.807, 2.05) is 30.3 Å². The van der Waals surface area contributed by atoms with Crippen molar-refractivity contribution < 1.29 is 19.5 Å². The van der Waals surface area contributed by atoms with Crippen molar-refractivity contribution in [2.45, 2.75) is 25.0 Å². The molecular weight excluding hydrogens is 222 g/mol. The Balaban J connectivity index is 1.68. The highest BCUT2D eigenvalue weighted by atomic mass is 16.7. The van der Waals surface area contributed by atoms with Gasteiger partial charge in [-0.1, -0.05) is 18.2 Å². The van der Waals surface area contributed by atoms with Crippen LogP contribution in [-0.4, -0.2) is 29.8 Å². The van der Waals surface area contributed by atoms with Crippen molar-refractivity contribution >= 4 is 5.97 Å². The number of carbonyl (C=O) groups is 1. The van der Waals surface area contributed by atoms with Crippen LogP contribution in [0.1, 0.15) is 12.8 Å². The largest absolute Gasteiger partial charge is 0.493 e. The molecular formula is C12H15NO4. The minimum Gasteiger partial charge on any atom is -0.493 e. The molecule has 5 nitrogen and oxygen atoms in total. The standard InChI is InChI=1S/C12H15NO4/c14-12(15)11-8-10(17-13-11)6-7-16-9-4-2-1-3-5-9/h1-5,10-11,13H,6-8H2,(H,14,15). The monoisotopic (exact) mass is 237 g/mol. The SMILES string of the molecule is O=C(O)C1CC(CCOc2ccccc2)ON1. The van der Waals surface area contributed by atoms with Crippen LogP contribution < -0.4 is 10.2 Å². The molecule has 0 bridgehead atoms. The number of para-hydroxylation sites is 1. The van der Waals surface area contributed by atoms with Crippen LogP contribution in [0.15, 0.2) is 30.3 Å². The van der Waals surface area contributed by atoms with Crippen molar-refractivity contribution in [3.05, 3.63) is 30.3 Å². The van der Waals surface area contributed by atoms with Gasteiger partial charge in [-0.2, -0.15) is 5.48 Å². The van der Waals surface area contributed by atoms with Crippen molar-refractivity contribution in [3.8, 4) is 5.75 Å². The van der Waals surface area contributed by atoms with E-state index in [0.29, 0.717) is 19.4 Å². The summed E-state index contributed by atoms with van der Waals surface area (Å²) in [5.41, 5.74) is 2.50. The molecule has 1 heterocycles. The van der Waals surface area contributed by atoms with Gasteiger partial charge < -0.3 is 9.84 Å². The van der Waals surface area contributed by atoms with Crippen LogP contribution in [0.4, 0.5) is 0 Å². The van der Waals surface area contributed by atoms with Crippen molar-refractivity contribution in [2.24, 2.45) is 0 Å².